The Morgan fingerprint density at radius 2 is 0.900 bits per heavy atom. The topological polar surface area (TPSA) is 167 Å². The van der Waals surface area contributed by atoms with Crippen LogP contribution in [0.1, 0.15) is 31.8 Å². The van der Waals surface area contributed by atoms with Crippen molar-refractivity contribution in [1.29, 1.82) is 0 Å². The fraction of sp³-hybridized carbons (Fsp3) is 0. The van der Waals surface area contributed by atoms with Crippen molar-refractivity contribution in [3.05, 3.63) is 119 Å². The van der Waals surface area contributed by atoms with Gasteiger partial charge in [-0.15, -0.1) is 0 Å². The number of hydrogen-bond acceptors (Lipinski definition) is 6. The Bertz CT molecular complexity index is 1690. The van der Waals surface area contributed by atoms with E-state index < -0.39 is 41.8 Å². The summed E-state index contributed by atoms with van der Waals surface area (Å²) < 4.78 is 68.0. The molecule has 204 valence electrons. The second-order valence-electron chi connectivity index (χ2n) is 8.43. The van der Waals surface area contributed by atoms with E-state index in [1.807, 2.05) is 0 Å². The molecule has 0 unspecified atom stereocenters. The highest BCUT2D eigenvalue weighted by Crippen LogP contribution is 2.26. The second kappa shape index (κ2) is 11.6. The second-order valence-corrected chi connectivity index (χ2v) is 11.2. The summed E-state index contributed by atoms with van der Waals surface area (Å²) in [5.74, 6) is -0.996. The van der Waals surface area contributed by atoms with Gasteiger partial charge in [0, 0.05) is 22.5 Å². The third-order valence-corrected chi connectivity index (χ3v) is 7.43. The van der Waals surface area contributed by atoms with Crippen molar-refractivity contribution in [2.24, 2.45) is 0 Å². The van der Waals surface area contributed by atoms with E-state index in [1.54, 1.807) is 60.7 Å². The van der Waals surface area contributed by atoms with Gasteiger partial charge in [-0.1, -0.05) is 60.7 Å². The summed E-state index contributed by atoms with van der Waals surface area (Å²) in [6.45, 7) is 0. The van der Waals surface area contributed by atoms with Gasteiger partial charge in [0.2, 0.25) is 0 Å². The van der Waals surface area contributed by atoms with Crippen LogP contribution in [0.15, 0.2) is 107 Å². The van der Waals surface area contributed by atoms with Gasteiger partial charge in [0.15, 0.2) is 0 Å². The number of carbonyl (C=O) groups excluding carboxylic acids is 2. The molecule has 0 aliphatic heterocycles. The Morgan fingerprint density at radius 3 is 1.23 bits per heavy atom. The normalized spacial score (nSPS) is 11.8. The van der Waals surface area contributed by atoms with Gasteiger partial charge in [0.1, 0.15) is 9.79 Å². The lowest BCUT2D eigenvalue weighted by Crippen LogP contribution is -2.12. The molecule has 0 spiro atoms. The maximum absolute atomic E-state index is 12.4. The van der Waals surface area contributed by atoms with Crippen LogP contribution < -0.4 is 10.6 Å². The van der Waals surface area contributed by atoms with Crippen LogP contribution in [0.25, 0.3) is 12.2 Å². The number of benzene rings is 4. The monoisotopic (exact) mass is 578 g/mol. The minimum atomic E-state index is -4.76. The van der Waals surface area contributed by atoms with Gasteiger partial charge in [-0.3, -0.25) is 18.7 Å². The van der Waals surface area contributed by atoms with Crippen molar-refractivity contribution in [2.75, 3.05) is 10.6 Å². The average Bonchev–Trinajstić information content (AvgIpc) is 2.92. The van der Waals surface area contributed by atoms with Crippen LogP contribution in [-0.4, -0.2) is 37.8 Å². The van der Waals surface area contributed by atoms with Crippen LogP contribution in [0.5, 0.6) is 0 Å². The first-order chi connectivity index (χ1) is 18.9. The molecular formula is C28H22N2O8S2. The molecule has 4 aromatic carbocycles. The van der Waals surface area contributed by atoms with Crippen molar-refractivity contribution < 1.29 is 35.5 Å². The summed E-state index contributed by atoms with van der Waals surface area (Å²) in [5.41, 5.74) is 0.805. The molecule has 0 saturated carbocycles. The van der Waals surface area contributed by atoms with E-state index in [9.17, 15) is 35.5 Å². The predicted octanol–water partition coefficient (Wildman–Crippen LogP) is 4.86. The molecule has 0 bridgehead atoms. The quantitative estimate of drug-likeness (QED) is 0.170. The molecule has 0 saturated heterocycles. The number of rotatable bonds is 8. The van der Waals surface area contributed by atoms with Crippen LogP contribution in [0, 0.1) is 0 Å². The fourth-order valence-electron chi connectivity index (χ4n) is 3.71. The number of amides is 2. The molecular weight excluding hydrogens is 556 g/mol. The van der Waals surface area contributed by atoms with Crippen LogP contribution >= 0.6 is 0 Å². The van der Waals surface area contributed by atoms with E-state index in [4.69, 9.17) is 0 Å². The van der Waals surface area contributed by atoms with Crippen molar-refractivity contribution in [2.45, 2.75) is 9.79 Å². The minimum Gasteiger partial charge on any atom is -0.322 e. The molecule has 0 aliphatic carbocycles. The first-order valence-corrected chi connectivity index (χ1v) is 14.4. The molecule has 2 amide bonds. The summed E-state index contributed by atoms with van der Waals surface area (Å²) in [6, 6.07) is 23.9. The highest BCUT2D eigenvalue weighted by molar-refractivity contribution is 7.86. The van der Waals surface area contributed by atoms with Crippen LogP contribution in [0.2, 0.25) is 0 Å². The third kappa shape index (κ3) is 7.07. The Labute approximate surface area is 230 Å². The van der Waals surface area contributed by atoms with Gasteiger partial charge in [0.25, 0.3) is 32.1 Å². The molecule has 0 radical (unpaired) electrons. The summed E-state index contributed by atoms with van der Waals surface area (Å²) in [5, 5.41) is 5.10. The Morgan fingerprint density at radius 1 is 0.550 bits per heavy atom. The molecule has 4 N–H and O–H groups in total. The first-order valence-electron chi connectivity index (χ1n) is 11.6. The zero-order valence-corrected chi connectivity index (χ0v) is 22.2. The summed E-state index contributed by atoms with van der Waals surface area (Å²) in [4.78, 5) is 23.8. The largest absolute Gasteiger partial charge is 0.322 e. The van der Waals surface area contributed by atoms with Crippen molar-refractivity contribution in [3.63, 3.8) is 0 Å². The van der Waals surface area contributed by atoms with Gasteiger partial charge in [0.05, 0.1) is 0 Å². The van der Waals surface area contributed by atoms with E-state index in [1.165, 1.54) is 36.4 Å². The van der Waals surface area contributed by atoms with Crippen molar-refractivity contribution in [1.82, 2.24) is 0 Å². The van der Waals surface area contributed by atoms with Crippen molar-refractivity contribution >= 4 is 55.6 Å². The summed E-state index contributed by atoms with van der Waals surface area (Å²) in [7, 11) is -9.53. The third-order valence-electron chi connectivity index (χ3n) is 5.61. The zero-order chi connectivity index (χ0) is 28.9. The molecule has 12 heteroatoms. The highest BCUT2D eigenvalue weighted by atomic mass is 32.2. The molecule has 0 aromatic heterocycles. The first kappa shape index (κ1) is 28.4. The van der Waals surface area contributed by atoms with Crippen molar-refractivity contribution in [3.8, 4) is 0 Å². The lowest BCUT2D eigenvalue weighted by atomic mass is 10.1. The number of anilines is 2. The molecule has 4 rings (SSSR count). The van der Waals surface area contributed by atoms with E-state index >= 15 is 0 Å². The van der Waals surface area contributed by atoms with Gasteiger partial charge in [-0.2, -0.15) is 16.8 Å². The molecule has 40 heavy (non-hydrogen) atoms. The SMILES string of the molecule is O=C(Nc1ccc(C=Cc2ccc(NC(=O)c3ccccc3)cc2S(=O)(=O)O)c(S(=O)(=O)O)c1)c1ccccc1. The predicted molar refractivity (Wildman–Crippen MR) is 150 cm³/mol. The Hall–Kier alpha value is -4.62. The van der Waals surface area contributed by atoms with E-state index in [0.717, 1.165) is 12.1 Å². The highest BCUT2D eigenvalue weighted by Gasteiger charge is 2.19. The maximum atomic E-state index is 12.4. The Balaban J connectivity index is 1.64. The smallest absolute Gasteiger partial charge is 0.295 e. The van der Waals surface area contributed by atoms with E-state index in [0.29, 0.717) is 11.1 Å². The van der Waals surface area contributed by atoms with E-state index in [2.05, 4.69) is 10.6 Å². The lowest BCUT2D eigenvalue weighted by Gasteiger charge is -2.10. The van der Waals surface area contributed by atoms with Crippen LogP contribution in [-0.2, 0) is 20.2 Å². The Kier molecular flexibility index (Phi) is 8.26. The number of hydrogen-bond donors (Lipinski definition) is 4. The molecule has 0 aliphatic rings. The average molecular weight is 579 g/mol. The summed E-state index contributed by atoms with van der Waals surface area (Å²) >= 11 is 0. The standard InChI is InChI=1S/C28H22N2O8S2/c31-27(21-7-3-1-4-8-21)29-23-15-13-19(25(17-23)39(33,34)35)11-12-20-14-16-24(18-26(20)40(36,37)38)30-28(32)22-9-5-2-6-10-22/h1-18H,(H,29,31)(H,30,32)(H,33,34,35)(H,36,37,38). The van der Waals surface area contributed by atoms with Gasteiger partial charge >= 0.3 is 0 Å². The van der Waals surface area contributed by atoms with E-state index in [-0.39, 0.29) is 22.5 Å². The molecule has 10 nitrogen and oxygen atoms in total. The van der Waals surface area contributed by atoms with Gasteiger partial charge < -0.3 is 10.6 Å². The molecule has 4 aromatic rings. The summed E-state index contributed by atoms with van der Waals surface area (Å²) in [6.07, 6.45) is 2.44. The van der Waals surface area contributed by atoms with Gasteiger partial charge in [-0.05, 0) is 59.7 Å². The molecule has 0 fully saturated rings. The number of carbonyl (C=O) groups is 2. The maximum Gasteiger partial charge on any atom is 0.295 e. The lowest BCUT2D eigenvalue weighted by molar-refractivity contribution is 0.101. The molecule has 0 heterocycles. The van der Waals surface area contributed by atoms with Crippen LogP contribution in [0.3, 0.4) is 0 Å². The number of nitrogens with one attached hydrogen (secondary N) is 2. The minimum absolute atomic E-state index is 0.0250. The van der Waals surface area contributed by atoms with Crippen LogP contribution in [0.4, 0.5) is 11.4 Å². The fourth-order valence-corrected chi connectivity index (χ4v) is 5.13. The van der Waals surface area contributed by atoms with Gasteiger partial charge in [-0.25, -0.2) is 0 Å². The zero-order valence-electron chi connectivity index (χ0n) is 20.6. The molecule has 0 atom stereocenters.